The Morgan fingerprint density at radius 1 is 0.786 bits per heavy atom. The molecule has 0 spiro atoms. The summed E-state index contributed by atoms with van der Waals surface area (Å²) in [6.45, 7) is 5.78. The van der Waals surface area contributed by atoms with Gasteiger partial charge in [0, 0.05) is 0 Å². The van der Waals surface area contributed by atoms with Crippen LogP contribution < -0.4 is 0 Å². The molecule has 80 valence electrons. The number of hydrogen-bond acceptors (Lipinski definition) is 0. The zero-order valence-corrected chi connectivity index (χ0v) is 9.54. The van der Waals surface area contributed by atoms with Crippen molar-refractivity contribution in [1.29, 1.82) is 0 Å². The van der Waals surface area contributed by atoms with E-state index in [0.717, 1.165) is 12.8 Å². The van der Waals surface area contributed by atoms with Crippen molar-refractivity contribution in [3.63, 3.8) is 0 Å². The van der Waals surface area contributed by atoms with Crippen molar-refractivity contribution >= 4 is 0 Å². The highest BCUT2D eigenvalue weighted by Crippen LogP contribution is 2.04. The highest BCUT2D eigenvalue weighted by Gasteiger charge is 1.85. The van der Waals surface area contributed by atoms with Crippen molar-refractivity contribution < 1.29 is 0 Å². The third-order valence-electron chi connectivity index (χ3n) is 2.18. The third kappa shape index (κ3) is 11.2. The molecule has 0 fully saturated rings. The van der Waals surface area contributed by atoms with E-state index in [1.54, 1.807) is 0 Å². The van der Waals surface area contributed by atoms with Gasteiger partial charge in [0.15, 0.2) is 0 Å². The summed E-state index contributed by atoms with van der Waals surface area (Å²) >= 11 is 0. The van der Waals surface area contributed by atoms with Crippen LogP contribution in [0.15, 0.2) is 37.0 Å². The summed E-state index contributed by atoms with van der Waals surface area (Å²) in [5.41, 5.74) is 0. The fourth-order valence-electron chi connectivity index (χ4n) is 1.32. The molecule has 0 heteroatoms. The van der Waals surface area contributed by atoms with Crippen molar-refractivity contribution in [2.75, 3.05) is 0 Å². The Bertz CT molecular complexity index is 163. The van der Waals surface area contributed by atoms with Crippen LogP contribution in [0.4, 0.5) is 0 Å². The lowest BCUT2D eigenvalue weighted by Gasteiger charge is -1.94. The minimum atomic E-state index is 1.11. The summed E-state index contributed by atoms with van der Waals surface area (Å²) in [6, 6.07) is 0. The van der Waals surface area contributed by atoms with Crippen LogP contribution in [-0.2, 0) is 0 Å². The molecule has 0 atom stereocenters. The molecule has 14 heavy (non-hydrogen) atoms. The molecule has 0 aliphatic carbocycles. The highest BCUT2D eigenvalue weighted by molar-refractivity contribution is 4.84. The summed E-state index contributed by atoms with van der Waals surface area (Å²) in [6.07, 6.45) is 19.7. The predicted molar refractivity (Wildman–Crippen MR) is 66.5 cm³/mol. The van der Waals surface area contributed by atoms with E-state index in [9.17, 15) is 0 Å². The maximum absolute atomic E-state index is 3.70. The normalized spacial score (nSPS) is 11.5. The monoisotopic (exact) mass is 192 g/mol. The first kappa shape index (κ1) is 13.2. The largest absolute Gasteiger partial charge is 0.103 e. The number of unbranched alkanes of at least 4 members (excludes halogenated alkanes) is 5. The van der Waals surface area contributed by atoms with Gasteiger partial charge in [-0.3, -0.25) is 0 Å². The first-order valence-corrected chi connectivity index (χ1v) is 5.79. The molecule has 0 N–H and O–H groups in total. The molecule has 0 amide bonds. The molecule has 0 aromatic rings. The summed E-state index contributed by atoms with van der Waals surface area (Å²) in [5.74, 6) is 0. The van der Waals surface area contributed by atoms with E-state index in [1.807, 2.05) is 6.08 Å². The standard InChI is InChI=1S/C14H24/c1-3-5-7-9-11-13-14-12-10-8-6-4-2/h3-4,6,9,11H,1,5,7-8,10,12-14H2,2H3. The molecule has 0 nitrogen and oxygen atoms in total. The van der Waals surface area contributed by atoms with Crippen LogP contribution in [0.3, 0.4) is 0 Å². The van der Waals surface area contributed by atoms with Gasteiger partial charge in [0.2, 0.25) is 0 Å². The Balaban J connectivity index is 3.04. The lowest BCUT2D eigenvalue weighted by molar-refractivity contribution is 0.695. The maximum atomic E-state index is 3.70. The van der Waals surface area contributed by atoms with E-state index in [-0.39, 0.29) is 0 Å². The molecule has 0 bridgehead atoms. The van der Waals surface area contributed by atoms with Crippen LogP contribution in [0.25, 0.3) is 0 Å². The average Bonchev–Trinajstić information content (AvgIpc) is 2.21. The fraction of sp³-hybridized carbons (Fsp3) is 0.571. The summed E-state index contributed by atoms with van der Waals surface area (Å²) < 4.78 is 0. The molecule has 0 aliphatic rings. The van der Waals surface area contributed by atoms with Gasteiger partial charge in [0.1, 0.15) is 0 Å². The first-order valence-electron chi connectivity index (χ1n) is 5.79. The molecule has 0 aromatic heterocycles. The zero-order valence-electron chi connectivity index (χ0n) is 9.54. The van der Waals surface area contributed by atoms with E-state index in [0.29, 0.717) is 0 Å². The molecule has 0 aromatic carbocycles. The smallest absolute Gasteiger partial charge is 0.0316 e. The predicted octanol–water partition coefficient (Wildman–Crippen LogP) is 5.04. The van der Waals surface area contributed by atoms with Gasteiger partial charge >= 0.3 is 0 Å². The van der Waals surface area contributed by atoms with Crippen molar-refractivity contribution in [3.8, 4) is 0 Å². The molecule has 0 saturated heterocycles. The van der Waals surface area contributed by atoms with Crippen LogP contribution in [0.1, 0.15) is 51.9 Å². The molecular weight excluding hydrogens is 168 g/mol. The summed E-state index contributed by atoms with van der Waals surface area (Å²) in [7, 11) is 0. The first-order chi connectivity index (χ1) is 6.91. The summed E-state index contributed by atoms with van der Waals surface area (Å²) in [5, 5.41) is 0. The Morgan fingerprint density at radius 2 is 1.43 bits per heavy atom. The topological polar surface area (TPSA) is 0 Å². The highest BCUT2D eigenvalue weighted by atomic mass is 13.9. The van der Waals surface area contributed by atoms with Gasteiger partial charge in [-0.2, -0.15) is 0 Å². The fourth-order valence-corrected chi connectivity index (χ4v) is 1.32. The van der Waals surface area contributed by atoms with Gasteiger partial charge in [0.05, 0.1) is 0 Å². The lowest BCUT2D eigenvalue weighted by Crippen LogP contribution is -1.74. The van der Waals surface area contributed by atoms with Crippen molar-refractivity contribution in [2.45, 2.75) is 51.9 Å². The van der Waals surface area contributed by atoms with Crippen LogP contribution in [-0.4, -0.2) is 0 Å². The van der Waals surface area contributed by atoms with E-state index >= 15 is 0 Å². The van der Waals surface area contributed by atoms with Crippen LogP contribution in [0.5, 0.6) is 0 Å². The van der Waals surface area contributed by atoms with Crippen molar-refractivity contribution in [3.05, 3.63) is 37.0 Å². The Hall–Kier alpha value is -0.780. The quantitative estimate of drug-likeness (QED) is 0.355. The minimum absolute atomic E-state index is 1.11. The molecular formula is C14H24. The SMILES string of the molecule is C=CCCC=CCCCCCC=CC. The molecule has 0 radical (unpaired) electrons. The van der Waals surface area contributed by atoms with E-state index in [2.05, 4.69) is 37.8 Å². The number of allylic oxidation sites excluding steroid dienone is 5. The van der Waals surface area contributed by atoms with Gasteiger partial charge < -0.3 is 0 Å². The molecule has 0 unspecified atom stereocenters. The Morgan fingerprint density at radius 3 is 2.07 bits per heavy atom. The Labute approximate surface area is 89.4 Å². The second-order valence-corrected chi connectivity index (χ2v) is 3.54. The Kier molecular flexibility index (Phi) is 11.5. The van der Waals surface area contributed by atoms with E-state index in [4.69, 9.17) is 0 Å². The van der Waals surface area contributed by atoms with Crippen molar-refractivity contribution in [2.24, 2.45) is 0 Å². The van der Waals surface area contributed by atoms with Gasteiger partial charge in [-0.25, -0.2) is 0 Å². The molecule has 0 saturated carbocycles. The van der Waals surface area contributed by atoms with Gasteiger partial charge in [-0.15, -0.1) is 6.58 Å². The van der Waals surface area contributed by atoms with Gasteiger partial charge in [-0.05, 0) is 45.4 Å². The van der Waals surface area contributed by atoms with Crippen LogP contribution in [0.2, 0.25) is 0 Å². The number of hydrogen-bond donors (Lipinski definition) is 0. The number of rotatable bonds is 9. The second-order valence-electron chi connectivity index (χ2n) is 3.54. The average molecular weight is 192 g/mol. The molecule has 0 rings (SSSR count). The van der Waals surface area contributed by atoms with Gasteiger partial charge in [0.25, 0.3) is 0 Å². The molecule has 0 heterocycles. The van der Waals surface area contributed by atoms with Crippen molar-refractivity contribution in [1.82, 2.24) is 0 Å². The molecule has 0 aliphatic heterocycles. The minimum Gasteiger partial charge on any atom is -0.103 e. The van der Waals surface area contributed by atoms with E-state index in [1.165, 1.54) is 32.1 Å². The maximum Gasteiger partial charge on any atom is -0.0316 e. The van der Waals surface area contributed by atoms with Gasteiger partial charge in [-0.1, -0.05) is 36.8 Å². The lowest BCUT2D eigenvalue weighted by atomic mass is 10.1. The second kappa shape index (κ2) is 12.2. The zero-order chi connectivity index (χ0) is 10.5. The van der Waals surface area contributed by atoms with E-state index < -0.39 is 0 Å². The van der Waals surface area contributed by atoms with Crippen LogP contribution >= 0.6 is 0 Å². The van der Waals surface area contributed by atoms with Crippen LogP contribution in [0, 0.1) is 0 Å². The summed E-state index contributed by atoms with van der Waals surface area (Å²) in [4.78, 5) is 0. The third-order valence-corrected chi connectivity index (χ3v) is 2.18.